The third-order valence-electron chi connectivity index (χ3n) is 6.35. The number of hydrogen-bond donors (Lipinski definition) is 0. The number of hydrogen-bond acceptors (Lipinski definition) is 5. The Morgan fingerprint density at radius 3 is 2.65 bits per heavy atom. The van der Waals surface area contributed by atoms with Gasteiger partial charge in [0, 0.05) is 45.1 Å². The van der Waals surface area contributed by atoms with Crippen LogP contribution in [-0.2, 0) is 16.0 Å². The van der Waals surface area contributed by atoms with E-state index >= 15 is 0 Å². The highest BCUT2D eigenvalue weighted by molar-refractivity contribution is 5.76. The van der Waals surface area contributed by atoms with E-state index in [1.165, 1.54) is 32.1 Å². The van der Waals surface area contributed by atoms with Gasteiger partial charge in [-0.2, -0.15) is 4.98 Å². The Bertz CT molecular complexity index is 591. The molecule has 144 valence electrons. The molecular formula is C20H31N3O3. The van der Waals surface area contributed by atoms with Crippen LogP contribution in [0.25, 0.3) is 0 Å². The van der Waals surface area contributed by atoms with Gasteiger partial charge in [0.05, 0.1) is 0 Å². The van der Waals surface area contributed by atoms with Gasteiger partial charge in [0.1, 0.15) is 0 Å². The van der Waals surface area contributed by atoms with Gasteiger partial charge in [-0.15, -0.1) is 0 Å². The quantitative estimate of drug-likeness (QED) is 0.805. The highest BCUT2D eigenvalue weighted by atomic mass is 16.5. The lowest BCUT2D eigenvalue weighted by atomic mass is 9.87. The van der Waals surface area contributed by atoms with Gasteiger partial charge < -0.3 is 14.2 Å². The van der Waals surface area contributed by atoms with Gasteiger partial charge in [0.25, 0.3) is 0 Å². The molecule has 1 aromatic rings. The molecule has 2 aliphatic heterocycles. The van der Waals surface area contributed by atoms with Crippen LogP contribution in [0.2, 0.25) is 0 Å². The Balaban J connectivity index is 1.25. The zero-order valence-corrected chi connectivity index (χ0v) is 15.7. The van der Waals surface area contributed by atoms with Crippen molar-refractivity contribution in [3.05, 3.63) is 11.7 Å². The van der Waals surface area contributed by atoms with Gasteiger partial charge in [-0.25, -0.2) is 0 Å². The Morgan fingerprint density at radius 1 is 1.04 bits per heavy atom. The van der Waals surface area contributed by atoms with E-state index in [9.17, 15) is 4.79 Å². The molecule has 1 atom stereocenters. The second-order valence-electron chi connectivity index (χ2n) is 8.34. The molecule has 26 heavy (non-hydrogen) atoms. The molecule has 1 aromatic heterocycles. The molecule has 4 rings (SSSR count). The van der Waals surface area contributed by atoms with Crippen LogP contribution in [-0.4, -0.2) is 47.3 Å². The predicted molar refractivity (Wildman–Crippen MR) is 96.7 cm³/mol. The number of carbonyl (C=O) groups is 1. The van der Waals surface area contributed by atoms with Crippen molar-refractivity contribution in [3.8, 4) is 0 Å². The number of amides is 1. The van der Waals surface area contributed by atoms with E-state index in [0.29, 0.717) is 23.7 Å². The van der Waals surface area contributed by atoms with E-state index in [1.54, 1.807) is 0 Å². The smallest absolute Gasteiger partial charge is 0.229 e. The minimum Gasteiger partial charge on any atom is -0.381 e. The molecule has 6 heteroatoms. The zero-order chi connectivity index (χ0) is 17.8. The molecule has 0 bridgehead atoms. The van der Waals surface area contributed by atoms with Crippen molar-refractivity contribution < 1.29 is 14.1 Å². The van der Waals surface area contributed by atoms with Crippen LogP contribution in [0.4, 0.5) is 0 Å². The van der Waals surface area contributed by atoms with Crippen LogP contribution in [0.1, 0.15) is 75.4 Å². The van der Waals surface area contributed by atoms with Crippen LogP contribution >= 0.6 is 0 Å². The first kappa shape index (κ1) is 18.0. The lowest BCUT2D eigenvalue weighted by Crippen LogP contribution is -2.31. The van der Waals surface area contributed by atoms with Crippen LogP contribution in [0.3, 0.4) is 0 Å². The standard InChI is InChI=1S/C20H31N3O3/c24-19(13-15-4-2-1-3-5-15)23-9-6-16(14-23)12-18-21-20(26-22-18)17-7-10-25-11-8-17/h15-17H,1-14H2. The molecule has 0 N–H and O–H groups in total. The molecule has 0 spiro atoms. The Labute approximate surface area is 155 Å². The highest BCUT2D eigenvalue weighted by Gasteiger charge is 2.30. The van der Waals surface area contributed by atoms with E-state index in [1.807, 2.05) is 0 Å². The fourth-order valence-electron chi connectivity index (χ4n) is 4.71. The lowest BCUT2D eigenvalue weighted by Gasteiger charge is -2.24. The van der Waals surface area contributed by atoms with Crippen molar-refractivity contribution in [2.45, 2.75) is 70.1 Å². The second kappa shape index (κ2) is 8.51. The molecule has 3 fully saturated rings. The highest BCUT2D eigenvalue weighted by Crippen LogP contribution is 2.29. The molecule has 1 unspecified atom stereocenters. The van der Waals surface area contributed by atoms with E-state index in [2.05, 4.69) is 15.0 Å². The normalized spacial score (nSPS) is 25.7. The maximum atomic E-state index is 12.6. The van der Waals surface area contributed by atoms with Crippen molar-refractivity contribution in [3.63, 3.8) is 0 Å². The molecule has 6 nitrogen and oxygen atoms in total. The zero-order valence-electron chi connectivity index (χ0n) is 15.7. The first-order valence-electron chi connectivity index (χ1n) is 10.5. The van der Waals surface area contributed by atoms with Crippen LogP contribution in [0.5, 0.6) is 0 Å². The summed E-state index contributed by atoms with van der Waals surface area (Å²) in [7, 11) is 0. The SMILES string of the molecule is O=C(CC1CCCCC1)N1CCC(Cc2noc(C3CCOCC3)n2)C1. The average Bonchev–Trinajstić information content (AvgIpc) is 3.33. The summed E-state index contributed by atoms with van der Waals surface area (Å²) in [6.07, 6.45) is 11.0. The van der Waals surface area contributed by atoms with Crippen molar-refractivity contribution in [2.75, 3.05) is 26.3 Å². The van der Waals surface area contributed by atoms with Crippen molar-refractivity contribution >= 4 is 5.91 Å². The first-order valence-corrected chi connectivity index (χ1v) is 10.5. The summed E-state index contributed by atoms with van der Waals surface area (Å²) < 4.78 is 10.9. The molecule has 0 aromatic carbocycles. The summed E-state index contributed by atoms with van der Waals surface area (Å²) in [6.45, 7) is 3.31. The maximum absolute atomic E-state index is 12.6. The molecule has 1 amide bonds. The fraction of sp³-hybridized carbons (Fsp3) is 0.850. The van der Waals surface area contributed by atoms with Gasteiger partial charge in [0.15, 0.2) is 5.82 Å². The van der Waals surface area contributed by atoms with Crippen molar-refractivity contribution in [2.24, 2.45) is 11.8 Å². The number of rotatable bonds is 5. The summed E-state index contributed by atoms with van der Waals surface area (Å²) >= 11 is 0. The monoisotopic (exact) mass is 361 g/mol. The van der Waals surface area contributed by atoms with Crippen LogP contribution in [0, 0.1) is 11.8 Å². The topological polar surface area (TPSA) is 68.5 Å². The molecule has 3 aliphatic rings. The lowest BCUT2D eigenvalue weighted by molar-refractivity contribution is -0.131. The fourth-order valence-corrected chi connectivity index (χ4v) is 4.71. The third-order valence-corrected chi connectivity index (χ3v) is 6.35. The molecule has 3 heterocycles. The second-order valence-corrected chi connectivity index (χ2v) is 8.34. The van der Waals surface area contributed by atoms with Gasteiger partial charge in [-0.1, -0.05) is 24.4 Å². The summed E-state index contributed by atoms with van der Waals surface area (Å²) in [5.74, 6) is 3.36. The summed E-state index contributed by atoms with van der Waals surface area (Å²) in [6, 6.07) is 0. The molecular weight excluding hydrogens is 330 g/mol. The predicted octanol–water partition coefficient (Wildman–Crippen LogP) is 3.33. The van der Waals surface area contributed by atoms with E-state index < -0.39 is 0 Å². The largest absolute Gasteiger partial charge is 0.381 e. The Kier molecular flexibility index (Phi) is 5.88. The van der Waals surface area contributed by atoms with Gasteiger partial charge >= 0.3 is 0 Å². The van der Waals surface area contributed by atoms with E-state index in [4.69, 9.17) is 9.26 Å². The van der Waals surface area contributed by atoms with Crippen molar-refractivity contribution in [1.82, 2.24) is 15.0 Å². The van der Waals surface area contributed by atoms with Gasteiger partial charge in [-0.3, -0.25) is 4.79 Å². The molecule has 0 radical (unpaired) electrons. The summed E-state index contributed by atoms with van der Waals surface area (Å²) in [5.41, 5.74) is 0. The number of likely N-dealkylation sites (tertiary alicyclic amines) is 1. The third kappa shape index (κ3) is 4.45. The minimum absolute atomic E-state index is 0.349. The Hall–Kier alpha value is -1.43. The molecule has 1 aliphatic carbocycles. The summed E-state index contributed by atoms with van der Waals surface area (Å²) in [4.78, 5) is 19.3. The van der Waals surface area contributed by atoms with E-state index in [0.717, 1.165) is 70.1 Å². The number of aromatic nitrogens is 2. The first-order chi connectivity index (χ1) is 12.8. The van der Waals surface area contributed by atoms with Crippen LogP contribution in [0.15, 0.2) is 4.52 Å². The summed E-state index contributed by atoms with van der Waals surface area (Å²) in [5, 5.41) is 4.19. The average molecular weight is 361 g/mol. The Morgan fingerprint density at radius 2 is 1.85 bits per heavy atom. The maximum Gasteiger partial charge on any atom is 0.229 e. The number of nitrogens with zero attached hydrogens (tertiary/aromatic N) is 3. The van der Waals surface area contributed by atoms with Crippen molar-refractivity contribution in [1.29, 1.82) is 0 Å². The van der Waals surface area contributed by atoms with Gasteiger partial charge in [-0.05, 0) is 43.9 Å². The number of ether oxygens (including phenoxy) is 1. The van der Waals surface area contributed by atoms with E-state index in [-0.39, 0.29) is 0 Å². The molecule has 2 saturated heterocycles. The molecule has 1 saturated carbocycles. The number of carbonyl (C=O) groups excluding carboxylic acids is 1. The van der Waals surface area contributed by atoms with Gasteiger partial charge in [0.2, 0.25) is 11.8 Å². The van der Waals surface area contributed by atoms with Crippen LogP contribution < -0.4 is 0 Å². The minimum atomic E-state index is 0.349.